The van der Waals surface area contributed by atoms with Crippen LogP contribution in [0.1, 0.15) is 48.6 Å². The van der Waals surface area contributed by atoms with Crippen molar-refractivity contribution in [2.45, 2.75) is 45.0 Å². The number of hydrogen-bond acceptors (Lipinski definition) is 2. The second-order valence-electron chi connectivity index (χ2n) is 6.93. The van der Waals surface area contributed by atoms with E-state index in [1.165, 1.54) is 18.4 Å². The average molecular weight is 362 g/mol. The van der Waals surface area contributed by atoms with Crippen molar-refractivity contribution >= 4 is 0 Å². The van der Waals surface area contributed by atoms with Crippen LogP contribution in [-0.2, 0) is 13.1 Å². The summed E-state index contributed by atoms with van der Waals surface area (Å²) < 4.78 is 2.24. The van der Waals surface area contributed by atoms with Crippen molar-refractivity contribution in [3.8, 4) is 0 Å². The highest BCUT2D eigenvalue weighted by atomic mass is 16.3. The molecule has 0 unspecified atom stereocenters. The molecule has 0 bridgehead atoms. The summed E-state index contributed by atoms with van der Waals surface area (Å²) in [6.07, 6.45) is 6.08. The van der Waals surface area contributed by atoms with Crippen LogP contribution in [0.4, 0.5) is 0 Å². The predicted octanol–water partition coefficient (Wildman–Crippen LogP) is 4.34. The topological polar surface area (TPSA) is 36.1 Å². The second-order valence-corrected chi connectivity index (χ2v) is 6.93. The number of benzene rings is 2. The van der Waals surface area contributed by atoms with Gasteiger partial charge in [-0.25, -0.2) is 4.57 Å². The van der Waals surface area contributed by atoms with E-state index >= 15 is 0 Å². The van der Waals surface area contributed by atoms with Crippen molar-refractivity contribution in [2.24, 2.45) is 0 Å². The number of nitrogens with zero attached hydrogens (tertiary/aromatic N) is 1. The molecule has 0 fully saturated rings. The first-order chi connectivity index (χ1) is 13.3. The molecule has 2 atom stereocenters. The van der Waals surface area contributed by atoms with Gasteiger partial charge in [-0.15, -0.1) is 0 Å². The highest BCUT2D eigenvalue weighted by Gasteiger charge is 2.22. The molecule has 2 aromatic carbocycles. The summed E-state index contributed by atoms with van der Waals surface area (Å²) in [6, 6.07) is 24.1. The summed E-state index contributed by atoms with van der Waals surface area (Å²) >= 11 is 0. The van der Waals surface area contributed by atoms with E-state index in [1.807, 2.05) is 48.5 Å². The molecule has 27 heavy (non-hydrogen) atoms. The van der Waals surface area contributed by atoms with E-state index < -0.39 is 6.10 Å². The number of unbranched alkanes of at least 4 members (excludes halogenated alkanes) is 1. The fraction of sp³-hybridized carbons (Fsp3) is 0.292. The quantitative estimate of drug-likeness (QED) is 0.556. The van der Waals surface area contributed by atoms with E-state index in [2.05, 4.69) is 53.5 Å². The molecule has 0 aliphatic carbocycles. The number of aliphatic hydroxyl groups is 1. The van der Waals surface area contributed by atoms with Crippen LogP contribution in [0.15, 0.2) is 85.2 Å². The van der Waals surface area contributed by atoms with Gasteiger partial charge in [-0.05, 0) is 17.2 Å². The Morgan fingerprint density at radius 2 is 1.56 bits per heavy atom. The Hall–Kier alpha value is -2.49. The van der Waals surface area contributed by atoms with E-state index in [-0.39, 0.29) is 6.04 Å². The molecule has 0 aliphatic heterocycles. The van der Waals surface area contributed by atoms with Crippen molar-refractivity contribution in [2.75, 3.05) is 0 Å². The van der Waals surface area contributed by atoms with Crippen LogP contribution >= 0.6 is 0 Å². The zero-order valence-electron chi connectivity index (χ0n) is 16.0. The van der Waals surface area contributed by atoms with Crippen LogP contribution in [0.2, 0.25) is 0 Å². The standard InChI is InChI=1S/C24H29N2O/c1-2-3-16-26-17-10-11-20(19-26)18-25-23(21-12-6-4-7-13-21)24(27)22-14-8-5-9-15-22/h4-15,17,19,23-25,27H,2-3,16,18H2,1H3/q+1/t23-,24+/m1/s1. The monoisotopic (exact) mass is 361 g/mol. The van der Waals surface area contributed by atoms with Crippen LogP contribution in [0.3, 0.4) is 0 Å². The van der Waals surface area contributed by atoms with Gasteiger partial charge in [-0.3, -0.25) is 0 Å². The minimum absolute atomic E-state index is 0.169. The summed E-state index contributed by atoms with van der Waals surface area (Å²) in [5.74, 6) is 0. The van der Waals surface area contributed by atoms with Crippen molar-refractivity contribution in [1.82, 2.24) is 5.32 Å². The first kappa shape index (κ1) is 19.3. The number of hydrogen-bond donors (Lipinski definition) is 2. The van der Waals surface area contributed by atoms with Crippen molar-refractivity contribution in [1.29, 1.82) is 0 Å². The Labute approximate surface area is 162 Å². The SMILES string of the molecule is CCCC[n+]1cccc(CN[C@H](c2ccccc2)[C@@H](O)c2ccccc2)c1. The lowest BCUT2D eigenvalue weighted by molar-refractivity contribution is -0.697. The third-order valence-corrected chi connectivity index (χ3v) is 4.83. The molecule has 3 rings (SSSR count). The minimum atomic E-state index is -0.607. The molecule has 0 amide bonds. The number of rotatable bonds is 9. The average Bonchev–Trinajstić information content (AvgIpc) is 2.74. The second kappa shape index (κ2) is 10.0. The molecule has 3 heteroatoms. The molecule has 0 radical (unpaired) electrons. The first-order valence-electron chi connectivity index (χ1n) is 9.77. The largest absolute Gasteiger partial charge is 0.386 e. The zero-order chi connectivity index (χ0) is 18.9. The summed E-state index contributed by atoms with van der Waals surface area (Å²) in [5, 5.41) is 14.6. The fourth-order valence-corrected chi connectivity index (χ4v) is 3.30. The molecule has 3 aromatic rings. The molecule has 2 N–H and O–H groups in total. The summed E-state index contributed by atoms with van der Waals surface area (Å²) in [7, 11) is 0. The van der Waals surface area contributed by atoms with E-state index in [4.69, 9.17) is 0 Å². The van der Waals surface area contributed by atoms with Gasteiger partial charge in [0.25, 0.3) is 0 Å². The van der Waals surface area contributed by atoms with Gasteiger partial charge in [0.15, 0.2) is 12.4 Å². The molecule has 3 nitrogen and oxygen atoms in total. The Morgan fingerprint density at radius 1 is 0.889 bits per heavy atom. The number of aryl methyl sites for hydroxylation is 1. The summed E-state index contributed by atoms with van der Waals surface area (Å²) in [5.41, 5.74) is 3.23. The zero-order valence-corrected chi connectivity index (χ0v) is 16.0. The van der Waals surface area contributed by atoms with Crippen molar-refractivity contribution in [3.05, 3.63) is 102 Å². The number of nitrogens with one attached hydrogen (secondary N) is 1. The normalized spacial score (nSPS) is 13.3. The lowest BCUT2D eigenvalue weighted by atomic mass is 9.95. The van der Waals surface area contributed by atoms with Gasteiger partial charge in [-0.1, -0.05) is 74.0 Å². The Morgan fingerprint density at radius 3 is 2.22 bits per heavy atom. The maximum absolute atomic E-state index is 11.0. The molecule has 0 saturated carbocycles. The highest BCUT2D eigenvalue weighted by molar-refractivity contribution is 5.26. The lowest BCUT2D eigenvalue weighted by Crippen LogP contribution is -2.34. The van der Waals surface area contributed by atoms with Crippen LogP contribution < -0.4 is 9.88 Å². The molecule has 140 valence electrons. The van der Waals surface area contributed by atoms with Crippen LogP contribution in [0.5, 0.6) is 0 Å². The summed E-state index contributed by atoms with van der Waals surface area (Å²) in [6.45, 7) is 3.96. The molecule has 0 aliphatic rings. The molecule has 0 saturated heterocycles. The molecular weight excluding hydrogens is 332 g/mol. The fourth-order valence-electron chi connectivity index (χ4n) is 3.30. The van der Waals surface area contributed by atoms with Crippen molar-refractivity contribution in [3.63, 3.8) is 0 Å². The lowest BCUT2D eigenvalue weighted by Gasteiger charge is -2.25. The highest BCUT2D eigenvalue weighted by Crippen LogP contribution is 2.28. The van der Waals surface area contributed by atoms with Gasteiger partial charge in [0.1, 0.15) is 6.54 Å². The van der Waals surface area contributed by atoms with E-state index in [9.17, 15) is 5.11 Å². The number of aliphatic hydroxyl groups excluding tert-OH is 1. The molecule has 0 spiro atoms. The number of pyridine rings is 1. The maximum atomic E-state index is 11.0. The maximum Gasteiger partial charge on any atom is 0.173 e. The van der Waals surface area contributed by atoms with Crippen LogP contribution in [-0.4, -0.2) is 5.11 Å². The van der Waals surface area contributed by atoms with Gasteiger partial charge in [0, 0.05) is 24.6 Å². The number of aromatic nitrogens is 1. The van der Waals surface area contributed by atoms with Crippen LogP contribution in [0.25, 0.3) is 0 Å². The predicted molar refractivity (Wildman–Crippen MR) is 109 cm³/mol. The third kappa shape index (κ3) is 5.49. The van der Waals surface area contributed by atoms with Gasteiger partial charge in [0.2, 0.25) is 0 Å². The van der Waals surface area contributed by atoms with E-state index in [1.54, 1.807) is 0 Å². The Balaban J connectivity index is 1.76. The van der Waals surface area contributed by atoms with Gasteiger partial charge < -0.3 is 10.4 Å². The smallest absolute Gasteiger partial charge is 0.173 e. The van der Waals surface area contributed by atoms with Gasteiger partial charge in [-0.2, -0.15) is 0 Å². The van der Waals surface area contributed by atoms with Crippen molar-refractivity contribution < 1.29 is 9.67 Å². The Bertz CT molecular complexity index is 805. The third-order valence-electron chi connectivity index (χ3n) is 4.83. The van der Waals surface area contributed by atoms with Crippen LogP contribution in [0, 0.1) is 0 Å². The van der Waals surface area contributed by atoms with Gasteiger partial charge in [0.05, 0.1) is 12.1 Å². The molecule has 1 heterocycles. The van der Waals surface area contributed by atoms with E-state index in [0.29, 0.717) is 6.54 Å². The molecule has 1 aromatic heterocycles. The Kier molecular flexibility index (Phi) is 7.14. The summed E-state index contributed by atoms with van der Waals surface area (Å²) in [4.78, 5) is 0. The first-order valence-corrected chi connectivity index (χ1v) is 9.77. The molecular formula is C24H29N2O+. The van der Waals surface area contributed by atoms with Gasteiger partial charge >= 0.3 is 0 Å². The van der Waals surface area contributed by atoms with E-state index in [0.717, 1.165) is 17.7 Å². The minimum Gasteiger partial charge on any atom is -0.386 e.